The van der Waals surface area contributed by atoms with Crippen molar-refractivity contribution < 1.29 is 14.3 Å². The highest BCUT2D eigenvalue weighted by atomic mass is 16.5. The average Bonchev–Trinajstić information content (AvgIpc) is 2.46. The number of methoxy groups -OCH3 is 2. The number of carbonyl (C=O) groups is 1. The molecule has 1 N–H and O–H groups in total. The molecule has 0 heterocycles. The van der Waals surface area contributed by atoms with Gasteiger partial charge in [0, 0.05) is 13.7 Å². The maximum atomic E-state index is 11.8. The maximum Gasteiger partial charge on any atom is 0.325 e. The smallest absolute Gasteiger partial charge is 0.325 e. The van der Waals surface area contributed by atoms with E-state index in [0.29, 0.717) is 0 Å². The number of nitrogens with one attached hydrogen (secondary N) is 1. The van der Waals surface area contributed by atoms with E-state index in [1.165, 1.54) is 7.11 Å². The molecule has 0 amide bonds. The van der Waals surface area contributed by atoms with E-state index in [0.717, 1.165) is 52.0 Å². The normalized spacial score (nSPS) is 14.3. The maximum absolute atomic E-state index is 11.8. The first kappa shape index (κ1) is 19.4. The van der Waals surface area contributed by atoms with Crippen molar-refractivity contribution in [2.24, 2.45) is 0 Å². The molecule has 5 heteroatoms. The first-order chi connectivity index (χ1) is 9.53. The lowest BCUT2D eigenvalue weighted by atomic mass is 9.94. The lowest BCUT2D eigenvalue weighted by molar-refractivity contribution is -0.148. The summed E-state index contributed by atoms with van der Waals surface area (Å²) in [6, 6.07) is 0. The lowest BCUT2D eigenvalue weighted by Crippen LogP contribution is -2.50. The van der Waals surface area contributed by atoms with Gasteiger partial charge in [-0.25, -0.2) is 0 Å². The number of nitrogens with zero attached hydrogens (tertiary/aromatic N) is 1. The largest absolute Gasteiger partial charge is 0.468 e. The van der Waals surface area contributed by atoms with Crippen LogP contribution in [0.5, 0.6) is 0 Å². The molecule has 1 unspecified atom stereocenters. The molecule has 0 bridgehead atoms. The predicted octanol–water partition coefficient (Wildman–Crippen LogP) is 1.67. The van der Waals surface area contributed by atoms with E-state index >= 15 is 0 Å². The number of carbonyl (C=O) groups excluding carboxylic acids is 1. The fourth-order valence-electron chi connectivity index (χ4n) is 2.34. The van der Waals surface area contributed by atoms with E-state index in [9.17, 15) is 4.79 Å². The molecule has 0 aromatic rings. The Balaban J connectivity index is 4.08. The number of rotatable bonds is 12. The van der Waals surface area contributed by atoms with Crippen LogP contribution in [0.2, 0.25) is 0 Å². The van der Waals surface area contributed by atoms with E-state index < -0.39 is 5.54 Å². The summed E-state index contributed by atoms with van der Waals surface area (Å²) in [5.41, 5.74) is -0.562. The quantitative estimate of drug-likeness (QED) is 0.437. The standard InChI is InChI=1S/C15H32N2O3/c1-6-16-15(3,14(18)20-5)10-8-9-11-17(7-2)12-13-19-4/h16H,6-13H2,1-5H3. The van der Waals surface area contributed by atoms with Gasteiger partial charge < -0.3 is 19.7 Å². The zero-order chi connectivity index (χ0) is 15.4. The van der Waals surface area contributed by atoms with Crippen LogP contribution in [-0.2, 0) is 14.3 Å². The molecule has 20 heavy (non-hydrogen) atoms. The summed E-state index contributed by atoms with van der Waals surface area (Å²) in [5.74, 6) is -0.175. The Labute approximate surface area is 124 Å². The van der Waals surface area contributed by atoms with Crippen molar-refractivity contribution in [1.82, 2.24) is 10.2 Å². The van der Waals surface area contributed by atoms with Gasteiger partial charge in [-0.2, -0.15) is 0 Å². The fourth-order valence-corrected chi connectivity index (χ4v) is 2.34. The number of unbranched alkanes of at least 4 members (excludes halogenated alkanes) is 1. The number of likely N-dealkylation sites (N-methyl/N-ethyl adjacent to an activating group) is 2. The molecule has 0 aromatic heterocycles. The van der Waals surface area contributed by atoms with Crippen molar-refractivity contribution in [1.29, 1.82) is 0 Å². The molecule has 0 aliphatic heterocycles. The third-order valence-electron chi connectivity index (χ3n) is 3.66. The molecule has 0 aliphatic carbocycles. The highest BCUT2D eigenvalue weighted by molar-refractivity contribution is 5.80. The van der Waals surface area contributed by atoms with Gasteiger partial charge in [-0.15, -0.1) is 0 Å². The van der Waals surface area contributed by atoms with Crippen LogP contribution in [0.3, 0.4) is 0 Å². The zero-order valence-corrected chi connectivity index (χ0v) is 13.8. The van der Waals surface area contributed by atoms with E-state index in [1.54, 1.807) is 7.11 Å². The van der Waals surface area contributed by atoms with Crippen LogP contribution < -0.4 is 5.32 Å². The van der Waals surface area contributed by atoms with Gasteiger partial charge in [0.25, 0.3) is 0 Å². The van der Waals surface area contributed by atoms with Gasteiger partial charge in [-0.3, -0.25) is 4.79 Å². The lowest BCUT2D eigenvalue weighted by Gasteiger charge is -2.28. The van der Waals surface area contributed by atoms with Crippen LogP contribution >= 0.6 is 0 Å². The summed E-state index contributed by atoms with van der Waals surface area (Å²) < 4.78 is 9.99. The highest BCUT2D eigenvalue weighted by Crippen LogP contribution is 2.16. The van der Waals surface area contributed by atoms with E-state index in [1.807, 2.05) is 13.8 Å². The third kappa shape index (κ3) is 7.22. The summed E-state index contributed by atoms with van der Waals surface area (Å²) in [4.78, 5) is 14.2. The van der Waals surface area contributed by atoms with Gasteiger partial charge in [0.1, 0.15) is 5.54 Å². The van der Waals surface area contributed by atoms with Crippen molar-refractivity contribution in [3.05, 3.63) is 0 Å². The Morgan fingerprint density at radius 3 is 2.40 bits per heavy atom. The Hall–Kier alpha value is -0.650. The van der Waals surface area contributed by atoms with Crippen LogP contribution in [-0.4, -0.2) is 63.4 Å². The van der Waals surface area contributed by atoms with Crippen LogP contribution in [0, 0.1) is 0 Å². The molecule has 0 aliphatic rings. The Morgan fingerprint density at radius 1 is 1.20 bits per heavy atom. The van der Waals surface area contributed by atoms with Crippen LogP contribution in [0.4, 0.5) is 0 Å². The third-order valence-corrected chi connectivity index (χ3v) is 3.66. The molecular weight excluding hydrogens is 256 g/mol. The molecule has 0 spiro atoms. The Kier molecular flexibility index (Phi) is 10.7. The van der Waals surface area contributed by atoms with Gasteiger partial charge in [0.15, 0.2) is 0 Å². The number of hydrogen-bond donors (Lipinski definition) is 1. The second kappa shape index (κ2) is 11.1. The molecule has 0 fully saturated rings. The van der Waals surface area contributed by atoms with Crippen molar-refractivity contribution in [2.75, 3.05) is 47.0 Å². The minimum atomic E-state index is -0.562. The summed E-state index contributed by atoms with van der Waals surface area (Å²) in [6.07, 6.45) is 2.88. The van der Waals surface area contributed by atoms with Gasteiger partial charge in [-0.05, 0) is 45.8 Å². The molecule has 0 aromatic carbocycles. The first-order valence-electron chi connectivity index (χ1n) is 7.58. The van der Waals surface area contributed by atoms with Gasteiger partial charge in [-0.1, -0.05) is 13.8 Å². The van der Waals surface area contributed by atoms with Crippen LogP contribution in [0.1, 0.15) is 40.0 Å². The van der Waals surface area contributed by atoms with Gasteiger partial charge in [0.05, 0.1) is 13.7 Å². The summed E-state index contributed by atoms with van der Waals surface area (Å²) >= 11 is 0. The van der Waals surface area contributed by atoms with Crippen LogP contribution in [0.25, 0.3) is 0 Å². The molecule has 1 atom stereocenters. The topological polar surface area (TPSA) is 50.8 Å². The van der Waals surface area contributed by atoms with Gasteiger partial charge in [0.2, 0.25) is 0 Å². The fraction of sp³-hybridized carbons (Fsp3) is 0.933. The predicted molar refractivity (Wildman–Crippen MR) is 81.9 cm³/mol. The minimum absolute atomic E-state index is 0.175. The van der Waals surface area contributed by atoms with Crippen LogP contribution in [0.15, 0.2) is 0 Å². The number of esters is 1. The molecule has 0 rings (SSSR count). The first-order valence-corrected chi connectivity index (χ1v) is 7.58. The number of ether oxygens (including phenoxy) is 2. The van der Waals surface area contributed by atoms with Crippen molar-refractivity contribution >= 4 is 5.97 Å². The minimum Gasteiger partial charge on any atom is -0.468 e. The van der Waals surface area contributed by atoms with E-state index in [-0.39, 0.29) is 5.97 Å². The van der Waals surface area contributed by atoms with Crippen molar-refractivity contribution in [3.63, 3.8) is 0 Å². The Morgan fingerprint density at radius 2 is 1.90 bits per heavy atom. The molecule has 0 saturated carbocycles. The molecule has 0 saturated heterocycles. The van der Waals surface area contributed by atoms with Gasteiger partial charge >= 0.3 is 5.97 Å². The second-order valence-corrected chi connectivity index (χ2v) is 5.24. The summed E-state index contributed by atoms with van der Waals surface area (Å²) in [6.45, 7) is 10.7. The number of hydrogen-bond acceptors (Lipinski definition) is 5. The molecule has 5 nitrogen and oxygen atoms in total. The summed E-state index contributed by atoms with van der Waals surface area (Å²) in [5, 5.41) is 3.24. The molecule has 0 radical (unpaired) electrons. The summed E-state index contributed by atoms with van der Waals surface area (Å²) in [7, 11) is 3.17. The Bertz CT molecular complexity index is 262. The molecular formula is C15H32N2O3. The van der Waals surface area contributed by atoms with E-state index in [4.69, 9.17) is 9.47 Å². The molecule has 120 valence electrons. The average molecular weight is 288 g/mol. The monoisotopic (exact) mass is 288 g/mol. The highest BCUT2D eigenvalue weighted by Gasteiger charge is 2.32. The van der Waals surface area contributed by atoms with E-state index in [2.05, 4.69) is 17.1 Å². The van der Waals surface area contributed by atoms with Crippen molar-refractivity contribution in [3.8, 4) is 0 Å². The zero-order valence-electron chi connectivity index (χ0n) is 13.8. The SMILES string of the molecule is CCNC(C)(CCCCN(CC)CCOC)C(=O)OC. The van der Waals surface area contributed by atoms with Crippen molar-refractivity contribution in [2.45, 2.75) is 45.6 Å². The second-order valence-electron chi connectivity index (χ2n) is 5.24.